The maximum absolute atomic E-state index is 12.7. The lowest BCUT2D eigenvalue weighted by atomic mass is 10.0. The zero-order valence-electron chi connectivity index (χ0n) is 30.0. The topological polar surface area (TPSA) is 151 Å². The number of aromatic hydroxyl groups is 1. The van der Waals surface area contributed by atoms with Crippen LogP contribution in [0.25, 0.3) is 11.3 Å². The summed E-state index contributed by atoms with van der Waals surface area (Å²) in [6.45, 7) is 7.08. The minimum absolute atomic E-state index is 0.0626. The third kappa shape index (κ3) is 10.9. The molecule has 4 aromatic heterocycles. The molecule has 2 aromatic carbocycles. The highest BCUT2D eigenvalue weighted by Gasteiger charge is 2.32. The normalized spacial score (nSPS) is 11.1. The Morgan fingerprint density at radius 2 is 1.39 bits per heavy atom. The van der Waals surface area contributed by atoms with Gasteiger partial charge in [-0.05, 0) is 99.3 Å². The van der Waals surface area contributed by atoms with Crippen LogP contribution in [0.15, 0.2) is 91.6 Å². The molecule has 0 saturated heterocycles. The van der Waals surface area contributed by atoms with Gasteiger partial charge in [0.05, 0.1) is 18.1 Å². The van der Waals surface area contributed by atoms with Gasteiger partial charge in [-0.25, -0.2) is 0 Å². The minimum atomic E-state index is -4.48. The van der Waals surface area contributed by atoms with Gasteiger partial charge in [0.2, 0.25) is 0 Å². The summed E-state index contributed by atoms with van der Waals surface area (Å²) in [5.74, 6) is 0.967. The van der Waals surface area contributed by atoms with Crippen molar-refractivity contribution in [1.29, 1.82) is 0 Å². The first-order valence-corrected chi connectivity index (χ1v) is 17.1. The molecule has 4 heterocycles. The molecule has 0 bridgehead atoms. The Hall–Kier alpha value is -6.25. The van der Waals surface area contributed by atoms with Crippen LogP contribution in [0.4, 0.5) is 13.2 Å². The monoisotopic (exact) mass is 740 g/mol. The SMILES string of the molecule is Cc1cc(O)ccc1C(=O)CCCn1ccnn1.Cc1cc(OCc2ccc(-c3ccc(C(F)(F)F)nc3)nc2C)ccc1C(=O)CCCn1ccnn1. The first-order valence-electron chi connectivity index (χ1n) is 17.1. The summed E-state index contributed by atoms with van der Waals surface area (Å²) < 4.78 is 47.5. The molecule has 0 saturated carbocycles. The van der Waals surface area contributed by atoms with Crippen molar-refractivity contribution in [3.8, 4) is 22.8 Å². The van der Waals surface area contributed by atoms with Gasteiger partial charge in [0, 0.05) is 72.5 Å². The molecule has 1 N–H and O–H groups in total. The summed E-state index contributed by atoms with van der Waals surface area (Å²) in [5, 5.41) is 24.5. The highest BCUT2D eigenvalue weighted by Crippen LogP contribution is 2.29. The standard InChI is InChI=1S/C26H24F3N5O2.C13H15N3O2/c1-17-14-21(7-8-22(17)24(35)4-3-12-34-13-11-31-33-34)36-16-20-5-9-23(32-18(20)2)19-6-10-25(30-15-19)26(27,28)29;1-10-9-11(17)4-5-12(10)13(18)3-2-7-16-8-6-14-15-16/h5-11,13-15H,3-4,12,16H2,1-2H3;4-6,8-9,17H,2-3,7H2,1H3. The quantitative estimate of drug-likeness (QED) is 0.111. The Labute approximate surface area is 309 Å². The molecular formula is C39H39F3N8O4. The first-order chi connectivity index (χ1) is 25.9. The maximum Gasteiger partial charge on any atom is 0.433 e. The molecule has 15 heteroatoms. The summed E-state index contributed by atoms with van der Waals surface area (Å²) in [5.41, 5.74) is 4.59. The van der Waals surface area contributed by atoms with Crippen LogP contribution in [0.1, 0.15) is 74.5 Å². The number of hydrogen-bond acceptors (Lipinski definition) is 10. The van der Waals surface area contributed by atoms with Crippen LogP contribution in [0.2, 0.25) is 0 Å². The number of carbonyl (C=O) groups is 2. The number of carbonyl (C=O) groups excluding carboxylic acids is 2. The number of pyridine rings is 2. The van der Waals surface area contributed by atoms with E-state index in [0.29, 0.717) is 66.2 Å². The van der Waals surface area contributed by atoms with E-state index in [4.69, 9.17) is 4.74 Å². The Kier molecular flexibility index (Phi) is 13.0. The summed E-state index contributed by atoms with van der Waals surface area (Å²) in [7, 11) is 0. The van der Waals surface area contributed by atoms with E-state index < -0.39 is 11.9 Å². The van der Waals surface area contributed by atoms with Crippen LogP contribution in [0.5, 0.6) is 11.5 Å². The molecule has 6 rings (SSSR count). The Morgan fingerprint density at radius 3 is 1.89 bits per heavy atom. The molecule has 0 amide bonds. The number of aromatic nitrogens is 8. The first kappa shape index (κ1) is 39.0. The van der Waals surface area contributed by atoms with Crippen molar-refractivity contribution in [3.05, 3.63) is 131 Å². The lowest BCUT2D eigenvalue weighted by Crippen LogP contribution is -2.07. The predicted molar refractivity (Wildman–Crippen MR) is 193 cm³/mol. The fourth-order valence-electron chi connectivity index (χ4n) is 5.55. The van der Waals surface area contributed by atoms with E-state index in [2.05, 4.69) is 30.6 Å². The van der Waals surface area contributed by atoms with Crippen molar-refractivity contribution in [2.45, 2.75) is 72.3 Å². The smallest absolute Gasteiger partial charge is 0.433 e. The largest absolute Gasteiger partial charge is 0.508 e. The van der Waals surface area contributed by atoms with Gasteiger partial charge in [0.15, 0.2) is 11.6 Å². The number of aryl methyl sites for hydroxylation is 5. The van der Waals surface area contributed by atoms with Crippen molar-refractivity contribution < 1.29 is 32.6 Å². The number of ketones is 2. The predicted octanol–water partition coefficient (Wildman–Crippen LogP) is 7.57. The highest BCUT2D eigenvalue weighted by molar-refractivity contribution is 5.98. The molecule has 0 spiro atoms. The van der Waals surface area contributed by atoms with E-state index in [9.17, 15) is 27.9 Å². The van der Waals surface area contributed by atoms with Gasteiger partial charge in [-0.1, -0.05) is 16.5 Å². The van der Waals surface area contributed by atoms with Gasteiger partial charge in [0.1, 0.15) is 23.8 Å². The van der Waals surface area contributed by atoms with Crippen molar-refractivity contribution in [3.63, 3.8) is 0 Å². The van der Waals surface area contributed by atoms with Crippen LogP contribution in [0.3, 0.4) is 0 Å². The van der Waals surface area contributed by atoms with Gasteiger partial charge < -0.3 is 9.84 Å². The molecule has 0 aliphatic heterocycles. The Balaban J connectivity index is 0.000000260. The van der Waals surface area contributed by atoms with Gasteiger partial charge in [0.25, 0.3) is 0 Å². The lowest BCUT2D eigenvalue weighted by molar-refractivity contribution is -0.141. The lowest BCUT2D eigenvalue weighted by Gasteiger charge is -2.12. The molecule has 280 valence electrons. The van der Waals surface area contributed by atoms with Crippen LogP contribution < -0.4 is 4.74 Å². The molecule has 0 aliphatic rings. The van der Waals surface area contributed by atoms with E-state index in [-0.39, 0.29) is 23.9 Å². The fourth-order valence-corrected chi connectivity index (χ4v) is 5.55. The van der Waals surface area contributed by atoms with Gasteiger partial charge in [-0.3, -0.25) is 28.9 Å². The van der Waals surface area contributed by atoms with Crippen molar-refractivity contribution >= 4 is 11.6 Å². The number of hydrogen-bond donors (Lipinski definition) is 1. The average molecular weight is 741 g/mol. The molecule has 12 nitrogen and oxygen atoms in total. The molecule has 0 radical (unpaired) electrons. The number of alkyl halides is 3. The number of halogens is 3. The van der Waals surface area contributed by atoms with Crippen molar-refractivity contribution in [1.82, 2.24) is 40.0 Å². The van der Waals surface area contributed by atoms with Crippen LogP contribution in [0, 0.1) is 20.8 Å². The third-order valence-corrected chi connectivity index (χ3v) is 8.47. The third-order valence-electron chi connectivity index (χ3n) is 8.47. The fraction of sp³-hybridized carbons (Fsp3) is 0.282. The summed E-state index contributed by atoms with van der Waals surface area (Å²) in [4.78, 5) is 32.6. The van der Waals surface area contributed by atoms with Crippen LogP contribution in [-0.2, 0) is 25.9 Å². The molecule has 0 atom stereocenters. The number of rotatable bonds is 14. The second kappa shape index (κ2) is 18.0. The van der Waals surface area contributed by atoms with E-state index in [1.54, 1.807) is 64.5 Å². The molecular weight excluding hydrogens is 701 g/mol. The molecule has 0 aliphatic carbocycles. The minimum Gasteiger partial charge on any atom is -0.508 e. The van der Waals surface area contributed by atoms with Gasteiger partial charge >= 0.3 is 6.18 Å². The maximum atomic E-state index is 12.7. The molecule has 6 aromatic rings. The number of phenols is 1. The number of nitrogens with zero attached hydrogens (tertiary/aromatic N) is 8. The van der Waals surface area contributed by atoms with Crippen molar-refractivity contribution in [2.24, 2.45) is 0 Å². The zero-order chi connectivity index (χ0) is 38.7. The van der Waals surface area contributed by atoms with Gasteiger partial charge in [-0.15, -0.1) is 10.2 Å². The van der Waals surface area contributed by atoms with Gasteiger partial charge in [-0.2, -0.15) is 13.2 Å². The van der Waals surface area contributed by atoms with Crippen LogP contribution in [-0.4, -0.2) is 56.6 Å². The second-order valence-corrected chi connectivity index (χ2v) is 12.5. The van der Waals surface area contributed by atoms with E-state index in [1.807, 2.05) is 32.9 Å². The van der Waals surface area contributed by atoms with Crippen LogP contribution >= 0.6 is 0 Å². The Morgan fingerprint density at radius 1 is 0.778 bits per heavy atom. The average Bonchev–Trinajstić information content (AvgIpc) is 3.86. The van der Waals surface area contributed by atoms with Crippen molar-refractivity contribution in [2.75, 3.05) is 0 Å². The zero-order valence-corrected chi connectivity index (χ0v) is 30.0. The summed E-state index contributed by atoms with van der Waals surface area (Å²) in [6.07, 6.45) is 5.71. The van der Waals surface area contributed by atoms with E-state index >= 15 is 0 Å². The van der Waals surface area contributed by atoms with E-state index in [1.165, 1.54) is 18.3 Å². The number of Topliss-reactive ketones (excluding diaryl/α,β-unsaturated/α-hetero) is 2. The molecule has 0 fully saturated rings. The highest BCUT2D eigenvalue weighted by atomic mass is 19.4. The summed E-state index contributed by atoms with van der Waals surface area (Å²) >= 11 is 0. The molecule has 54 heavy (non-hydrogen) atoms. The summed E-state index contributed by atoms with van der Waals surface area (Å²) in [6, 6.07) is 16.0. The number of benzene rings is 2. The Bertz CT molecular complexity index is 2150. The number of phenolic OH excluding ortho intramolecular Hbond substituents is 1. The van der Waals surface area contributed by atoms with E-state index in [0.717, 1.165) is 29.2 Å². The molecule has 0 unspecified atom stereocenters. The second-order valence-electron chi connectivity index (χ2n) is 12.5. The number of ether oxygens (including phenoxy) is 1.